The van der Waals surface area contributed by atoms with Crippen LogP contribution in [0.3, 0.4) is 0 Å². The zero-order chi connectivity index (χ0) is 13.2. The first-order valence-electron chi connectivity index (χ1n) is 5.18. The molecule has 0 aromatic heterocycles. The van der Waals surface area contributed by atoms with Crippen molar-refractivity contribution < 1.29 is 27.4 Å². The predicted octanol–water partition coefficient (Wildman–Crippen LogP) is 1.77. The Morgan fingerprint density at radius 2 is 1.94 bits per heavy atom. The molecule has 1 unspecified atom stereocenters. The van der Waals surface area contributed by atoms with Crippen molar-refractivity contribution >= 4 is 5.91 Å². The lowest BCUT2D eigenvalue weighted by atomic mass is 10.1. The Labute approximate surface area is 101 Å². The smallest absolute Gasteiger partial charge is 0.406 e. The maximum absolute atomic E-state index is 11.9. The molecule has 4 nitrogen and oxygen atoms in total. The fraction of sp³-hybridized carbons (Fsp3) is 0.364. The number of amides is 1. The van der Waals surface area contributed by atoms with Crippen LogP contribution < -0.4 is 10.1 Å². The lowest BCUT2D eigenvalue weighted by Crippen LogP contribution is -2.38. The van der Waals surface area contributed by atoms with Crippen molar-refractivity contribution in [2.75, 3.05) is 13.2 Å². The molecule has 0 bridgehead atoms. The van der Waals surface area contributed by atoms with E-state index in [2.05, 4.69) is 10.1 Å². The molecule has 1 amide bonds. The first-order chi connectivity index (χ1) is 8.44. The summed E-state index contributed by atoms with van der Waals surface area (Å²) in [6.45, 7) is 0.254. The summed E-state index contributed by atoms with van der Waals surface area (Å²) in [5.74, 6) is -0.491. The second kappa shape index (κ2) is 4.85. The highest BCUT2D eigenvalue weighted by Gasteiger charge is 2.31. The molecule has 1 heterocycles. The number of halogens is 3. The van der Waals surface area contributed by atoms with E-state index in [9.17, 15) is 18.0 Å². The molecule has 2 rings (SSSR count). The van der Waals surface area contributed by atoms with Gasteiger partial charge < -0.3 is 14.8 Å². The third-order valence-corrected chi connectivity index (χ3v) is 2.39. The van der Waals surface area contributed by atoms with E-state index in [1.807, 2.05) is 0 Å². The molecule has 98 valence electrons. The lowest BCUT2D eigenvalue weighted by molar-refractivity contribution is -0.274. The van der Waals surface area contributed by atoms with E-state index in [0.29, 0.717) is 12.1 Å². The third kappa shape index (κ3) is 3.36. The van der Waals surface area contributed by atoms with Crippen LogP contribution in [0.2, 0.25) is 0 Å². The number of rotatable bonds is 2. The molecule has 1 aliphatic heterocycles. The minimum Gasteiger partial charge on any atom is -0.406 e. The van der Waals surface area contributed by atoms with Gasteiger partial charge in [0.2, 0.25) is 5.91 Å². The van der Waals surface area contributed by atoms with Crippen LogP contribution in [0.1, 0.15) is 11.7 Å². The molecular formula is C11H10F3NO3. The van der Waals surface area contributed by atoms with E-state index in [1.165, 1.54) is 24.3 Å². The number of hydrogen-bond donors (Lipinski definition) is 1. The van der Waals surface area contributed by atoms with Gasteiger partial charge in [-0.05, 0) is 17.7 Å². The molecular weight excluding hydrogens is 251 g/mol. The summed E-state index contributed by atoms with van der Waals surface area (Å²) >= 11 is 0. The topological polar surface area (TPSA) is 47.6 Å². The SMILES string of the molecule is O=C1COC(c2ccc(OC(F)(F)F)cc2)CN1. The molecule has 0 spiro atoms. The van der Waals surface area contributed by atoms with E-state index in [4.69, 9.17) is 4.74 Å². The average molecular weight is 261 g/mol. The van der Waals surface area contributed by atoms with Crippen molar-refractivity contribution in [3.05, 3.63) is 29.8 Å². The summed E-state index contributed by atoms with van der Waals surface area (Å²) in [7, 11) is 0. The van der Waals surface area contributed by atoms with Gasteiger partial charge >= 0.3 is 6.36 Å². The van der Waals surface area contributed by atoms with Gasteiger partial charge in [0.25, 0.3) is 0 Å². The van der Waals surface area contributed by atoms with Gasteiger partial charge in [0, 0.05) is 6.54 Å². The van der Waals surface area contributed by atoms with E-state index in [0.717, 1.165) is 0 Å². The lowest BCUT2D eigenvalue weighted by Gasteiger charge is -2.23. The van der Waals surface area contributed by atoms with Gasteiger partial charge in [-0.25, -0.2) is 0 Å². The summed E-state index contributed by atoms with van der Waals surface area (Å²) in [6, 6.07) is 5.37. The fourth-order valence-corrected chi connectivity index (χ4v) is 1.59. The number of benzene rings is 1. The molecule has 1 aromatic carbocycles. The summed E-state index contributed by atoms with van der Waals surface area (Å²) in [5, 5.41) is 2.61. The second-order valence-corrected chi connectivity index (χ2v) is 3.72. The van der Waals surface area contributed by atoms with Gasteiger partial charge in [-0.1, -0.05) is 12.1 Å². The Morgan fingerprint density at radius 3 is 2.44 bits per heavy atom. The summed E-state index contributed by atoms with van der Waals surface area (Å²) in [5.41, 5.74) is 0.685. The highest BCUT2D eigenvalue weighted by molar-refractivity contribution is 5.77. The quantitative estimate of drug-likeness (QED) is 0.882. The maximum atomic E-state index is 11.9. The molecule has 1 atom stereocenters. The predicted molar refractivity (Wildman–Crippen MR) is 54.8 cm³/mol. The van der Waals surface area contributed by atoms with Crippen molar-refractivity contribution in [1.82, 2.24) is 5.32 Å². The number of carbonyl (C=O) groups is 1. The Kier molecular flexibility index (Phi) is 3.42. The zero-order valence-corrected chi connectivity index (χ0v) is 9.16. The monoisotopic (exact) mass is 261 g/mol. The Hall–Kier alpha value is -1.76. The highest BCUT2D eigenvalue weighted by atomic mass is 19.4. The van der Waals surface area contributed by atoms with Crippen LogP contribution in [0.4, 0.5) is 13.2 Å². The van der Waals surface area contributed by atoms with Crippen molar-refractivity contribution in [2.24, 2.45) is 0 Å². The average Bonchev–Trinajstić information content (AvgIpc) is 2.29. The van der Waals surface area contributed by atoms with Crippen molar-refractivity contribution in [2.45, 2.75) is 12.5 Å². The van der Waals surface area contributed by atoms with Crippen LogP contribution in [0.25, 0.3) is 0 Å². The van der Waals surface area contributed by atoms with Gasteiger partial charge in [-0.15, -0.1) is 13.2 Å². The first kappa shape index (κ1) is 12.7. The van der Waals surface area contributed by atoms with Crippen LogP contribution in [0.5, 0.6) is 5.75 Å². The Morgan fingerprint density at radius 1 is 1.28 bits per heavy atom. The van der Waals surface area contributed by atoms with Gasteiger partial charge in [-0.3, -0.25) is 4.79 Å². The summed E-state index contributed by atoms with van der Waals surface area (Å²) < 4.78 is 44.8. The van der Waals surface area contributed by atoms with E-state index in [1.54, 1.807) is 0 Å². The number of morpholine rings is 1. The fourth-order valence-electron chi connectivity index (χ4n) is 1.59. The van der Waals surface area contributed by atoms with Gasteiger partial charge in [0.15, 0.2) is 0 Å². The molecule has 0 radical (unpaired) electrons. The molecule has 0 saturated carbocycles. The number of hydrogen-bond acceptors (Lipinski definition) is 3. The molecule has 0 aliphatic carbocycles. The zero-order valence-electron chi connectivity index (χ0n) is 9.16. The van der Waals surface area contributed by atoms with Crippen LogP contribution in [0, 0.1) is 0 Å². The molecule has 7 heteroatoms. The van der Waals surface area contributed by atoms with Crippen LogP contribution in [0.15, 0.2) is 24.3 Å². The standard InChI is InChI=1S/C11H10F3NO3/c12-11(13,14)18-8-3-1-7(2-4-8)9-5-15-10(16)6-17-9/h1-4,9H,5-6H2,(H,15,16). The second-order valence-electron chi connectivity index (χ2n) is 3.72. The number of alkyl halides is 3. The van der Waals surface area contributed by atoms with Crippen molar-refractivity contribution in [3.63, 3.8) is 0 Å². The molecule has 1 N–H and O–H groups in total. The van der Waals surface area contributed by atoms with Gasteiger partial charge in [0.05, 0.1) is 0 Å². The first-order valence-corrected chi connectivity index (χ1v) is 5.18. The van der Waals surface area contributed by atoms with Crippen LogP contribution in [-0.4, -0.2) is 25.4 Å². The highest BCUT2D eigenvalue weighted by Crippen LogP contribution is 2.25. The number of carbonyl (C=O) groups excluding carboxylic acids is 1. The van der Waals surface area contributed by atoms with E-state index in [-0.39, 0.29) is 24.4 Å². The van der Waals surface area contributed by atoms with Crippen molar-refractivity contribution in [1.29, 1.82) is 0 Å². The minimum atomic E-state index is -4.70. The molecule has 1 fully saturated rings. The van der Waals surface area contributed by atoms with Gasteiger partial charge in [0.1, 0.15) is 18.5 Å². The summed E-state index contributed by atoms with van der Waals surface area (Å²) in [6.07, 6.45) is -5.04. The molecule has 1 aliphatic rings. The minimum absolute atomic E-state index is 0.0501. The van der Waals surface area contributed by atoms with Crippen molar-refractivity contribution in [3.8, 4) is 5.75 Å². The van der Waals surface area contributed by atoms with E-state index < -0.39 is 6.36 Å². The molecule has 18 heavy (non-hydrogen) atoms. The number of nitrogens with one attached hydrogen (secondary N) is 1. The maximum Gasteiger partial charge on any atom is 0.573 e. The van der Waals surface area contributed by atoms with Crippen LogP contribution in [-0.2, 0) is 9.53 Å². The Bertz CT molecular complexity index is 420. The molecule has 1 saturated heterocycles. The largest absolute Gasteiger partial charge is 0.573 e. The third-order valence-electron chi connectivity index (χ3n) is 2.39. The number of ether oxygens (including phenoxy) is 2. The summed E-state index contributed by atoms with van der Waals surface area (Å²) in [4.78, 5) is 10.9. The van der Waals surface area contributed by atoms with E-state index >= 15 is 0 Å². The Balaban J connectivity index is 2.01. The molecule has 1 aromatic rings. The van der Waals surface area contributed by atoms with Gasteiger partial charge in [-0.2, -0.15) is 0 Å². The van der Waals surface area contributed by atoms with Crippen LogP contribution >= 0.6 is 0 Å². The normalized spacial score (nSPS) is 20.4.